The molecule has 90 heavy (non-hydrogen) atoms. The van der Waals surface area contributed by atoms with Crippen molar-refractivity contribution >= 4 is 52.1 Å². The molecule has 0 saturated carbocycles. The number of rotatable bonds is 20. The molecule has 20 heteroatoms. The molecule has 1 aliphatic rings. The zero-order valence-corrected chi connectivity index (χ0v) is 53.2. The Balaban J connectivity index is 0.000000313. The minimum absolute atomic E-state index is 0. The molecular weight excluding hydrogens is 1190 g/mol. The van der Waals surface area contributed by atoms with Gasteiger partial charge in [0.15, 0.2) is 11.4 Å². The zero-order chi connectivity index (χ0) is 65.1. The zero-order valence-electron chi connectivity index (χ0n) is 51.7. The van der Waals surface area contributed by atoms with Crippen LogP contribution in [0.15, 0.2) is 158 Å². The predicted octanol–water partition coefficient (Wildman–Crippen LogP) is 14.0. The molecule has 0 aliphatic carbocycles. The molecule has 1 aliphatic heterocycles. The van der Waals surface area contributed by atoms with Gasteiger partial charge in [-0.3, -0.25) is 23.1 Å². The minimum Gasteiger partial charge on any atom is -0.508 e. The summed E-state index contributed by atoms with van der Waals surface area (Å²) in [5.41, 5.74) is 16.2. The van der Waals surface area contributed by atoms with Crippen molar-refractivity contribution in [2.45, 2.75) is 111 Å². The monoisotopic (exact) mass is 1270 g/mol. The number of carbonyl (C=O) groups is 3. The number of nitriles is 1. The fourth-order valence-electron chi connectivity index (χ4n) is 8.33. The maximum absolute atomic E-state index is 11.7. The summed E-state index contributed by atoms with van der Waals surface area (Å²) >= 11 is 10.2. The summed E-state index contributed by atoms with van der Waals surface area (Å²) in [5, 5.41) is 28.6. The van der Waals surface area contributed by atoms with Crippen LogP contribution in [0, 0.1) is 11.3 Å². The Hall–Kier alpha value is -8.92. The number of carbonyl (C=O) groups excluding carboxylic acids is 3. The molecule has 0 amide bonds. The number of methoxy groups -OCH3 is 4. The molecule has 1 fully saturated rings. The molecule has 0 radical (unpaired) electrons. The third kappa shape index (κ3) is 27.6. The first kappa shape index (κ1) is 75.3. The molecule has 9 rings (SSSR count). The maximum Gasteiger partial charge on any atom is 0.323 e. The van der Waals surface area contributed by atoms with Crippen LogP contribution in [0.4, 0.5) is 0 Å². The normalized spacial score (nSPS) is 12.1. The van der Waals surface area contributed by atoms with Crippen molar-refractivity contribution in [1.29, 1.82) is 5.26 Å². The second-order valence-corrected chi connectivity index (χ2v) is 21.4. The Morgan fingerprint density at radius 2 is 1.22 bits per heavy atom. The van der Waals surface area contributed by atoms with Gasteiger partial charge in [0.2, 0.25) is 16.9 Å². The van der Waals surface area contributed by atoms with E-state index in [4.69, 9.17) is 72.6 Å². The number of phenolic OH excluding ortho intramolecular Hbond substituents is 1. The molecule has 18 nitrogen and oxygen atoms in total. The molecule has 478 valence electrons. The van der Waals surface area contributed by atoms with Crippen molar-refractivity contribution < 1.29 is 62.1 Å². The van der Waals surface area contributed by atoms with E-state index in [0.717, 1.165) is 82.0 Å². The highest BCUT2D eigenvalue weighted by molar-refractivity contribution is 6.63. The van der Waals surface area contributed by atoms with Crippen LogP contribution < -0.4 is 18.9 Å². The fourth-order valence-corrected chi connectivity index (χ4v) is 8.49. The van der Waals surface area contributed by atoms with Crippen molar-refractivity contribution in [3.8, 4) is 52.0 Å². The van der Waals surface area contributed by atoms with Crippen LogP contribution in [0.2, 0.25) is 0 Å². The number of nitrogens with zero attached hydrogens (tertiary/aromatic N) is 6. The minimum atomic E-state index is -0.358. The lowest BCUT2D eigenvalue weighted by Crippen LogP contribution is -2.22. The second kappa shape index (κ2) is 40.6. The number of ketones is 2. The van der Waals surface area contributed by atoms with Gasteiger partial charge in [-0.25, -0.2) is 9.97 Å². The summed E-state index contributed by atoms with van der Waals surface area (Å²) in [6.07, 6.45) is 7.25. The number of benzene rings is 6. The highest BCUT2D eigenvalue weighted by atomic mass is 35.5. The van der Waals surface area contributed by atoms with Crippen molar-refractivity contribution in [2.75, 3.05) is 41.7 Å². The van der Waals surface area contributed by atoms with Crippen molar-refractivity contribution in [3.63, 3.8) is 0 Å². The van der Waals surface area contributed by atoms with Gasteiger partial charge in [-0.15, -0.1) is 0 Å². The largest absolute Gasteiger partial charge is 0.508 e. The van der Waals surface area contributed by atoms with Gasteiger partial charge in [-0.05, 0) is 160 Å². The highest BCUT2D eigenvalue weighted by Crippen LogP contribution is 2.30. The number of hydrogen-bond acceptors (Lipinski definition) is 15. The van der Waals surface area contributed by atoms with Crippen LogP contribution in [0.5, 0.6) is 34.6 Å². The molecule has 1 saturated heterocycles. The van der Waals surface area contributed by atoms with E-state index in [-0.39, 0.29) is 66.5 Å². The van der Waals surface area contributed by atoms with Crippen LogP contribution in [-0.4, -0.2) is 112 Å². The van der Waals surface area contributed by atoms with Gasteiger partial charge < -0.3 is 44.2 Å². The second-order valence-electron chi connectivity index (χ2n) is 20.8. The number of halogens is 2. The van der Waals surface area contributed by atoms with Crippen LogP contribution >= 0.6 is 23.5 Å². The average Bonchev–Trinajstić information content (AvgIpc) is 2.35. The molecule has 0 spiro atoms. The van der Waals surface area contributed by atoms with E-state index in [1.165, 1.54) is 0 Å². The Morgan fingerprint density at radius 3 is 1.69 bits per heavy atom. The number of aromatic nitrogens is 3. The van der Waals surface area contributed by atoms with Crippen molar-refractivity contribution in [2.24, 2.45) is 0 Å². The molecule has 3 heterocycles. The maximum atomic E-state index is 11.7. The number of fused-ring (bicyclic) bond motifs is 1. The molecule has 0 bridgehead atoms. The number of aromatic hydroxyl groups is 2. The summed E-state index contributed by atoms with van der Waals surface area (Å²) in [4.78, 5) is 45.7. The predicted molar refractivity (Wildman–Crippen MR) is 351 cm³/mol. The van der Waals surface area contributed by atoms with E-state index in [0.29, 0.717) is 55.1 Å². The first-order valence-corrected chi connectivity index (χ1v) is 29.2. The number of ether oxygens (including phenoxy) is 6. The van der Waals surface area contributed by atoms with Crippen LogP contribution in [-0.2, 0) is 60.3 Å². The van der Waals surface area contributed by atoms with E-state index in [1.54, 1.807) is 94.5 Å². The lowest BCUT2D eigenvalue weighted by Gasteiger charge is -2.10. The summed E-state index contributed by atoms with van der Waals surface area (Å²) < 4.78 is 36.9. The van der Waals surface area contributed by atoms with Gasteiger partial charge in [0.1, 0.15) is 40.5 Å². The number of Topliss-reactive ketones (excluding diaryl/α,β-unsaturated/α-hetero) is 2. The number of phenols is 1. The Kier molecular flexibility index (Phi) is 34.0. The fraction of sp³-hybridized carbons (Fsp3) is 0.329. The molecule has 2 N–H and O–H groups in total. The first-order chi connectivity index (χ1) is 42.7. The molecule has 2 unspecified atom stereocenters. The summed E-state index contributed by atoms with van der Waals surface area (Å²) in [7, 11) is 6.40. The third-order valence-corrected chi connectivity index (χ3v) is 13.3. The van der Waals surface area contributed by atoms with E-state index >= 15 is 0 Å². The smallest absolute Gasteiger partial charge is 0.323 e. The van der Waals surface area contributed by atoms with Gasteiger partial charge in [0.25, 0.3) is 0 Å². The molecule has 2 atom stereocenters. The third-order valence-electron chi connectivity index (χ3n) is 12.8. The first-order valence-electron chi connectivity index (χ1n) is 28.5. The quantitative estimate of drug-likeness (QED) is 0.0312. The van der Waals surface area contributed by atoms with E-state index in [9.17, 15) is 24.6 Å². The van der Waals surface area contributed by atoms with Crippen molar-refractivity contribution in [1.82, 2.24) is 14.4 Å². The summed E-state index contributed by atoms with van der Waals surface area (Å²) in [6.45, 7) is 10.7. The summed E-state index contributed by atoms with van der Waals surface area (Å²) in [6, 6.07) is 48.7. The highest BCUT2D eigenvalue weighted by Gasteiger charge is 2.19. The lowest BCUT2D eigenvalue weighted by atomic mass is 10.1. The van der Waals surface area contributed by atoms with Gasteiger partial charge in [-0.1, -0.05) is 86.3 Å². The Bertz CT molecular complexity index is 3560. The molecule has 2 aromatic heterocycles. The van der Waals surface area contributed by atoms with Gasteiger partial charge >= 0.3 is 6.21 Å². The molecule has 8 aromatic rings. The van der Waals surface area contributed by atoms with E-state index < -0.39 is 0 Å². The summed E-state index contributed by atoms with van der Waals surface area (Å²) in [5.74, 6) is 3.10. The Labute approximate surface area is 538 Å². The topological polar surface area (TPSA) is 247 Å². The van der Waals surface area contributed by atoms with Gasteiger partial charge in [0.05, 0.1) is 75.9 Å². The van der Waals surface area contributed by atoms with E-state index in [1.807, 2.05) is 131 Å². The molecule has 6 aromatic carbocycles. The SMILES string of the molecule is C.CC(C)(C)OCl.CCOC(C)C(=O)Cc1cccc(OC)c1.COc1cccc(CC(=O)C=[N+]=[N-])c1.COc1cccc(CC(=O)Cl)c1.COc1cccc(Cc2nc3c(Cc4ccccc4)nc(-c4ccc(O)cc4)cn3c2O)c1.N#CCC1CCCO1. The lowest BCUT2D eigenvalue weighted by molar-refractivity contribution is -0.128. The van der Waals surface area contributed by atoms with Crippen molar-refractivity contribution in [3.05, 3.63) is 203 Å². The average molecular weight is 1270 g/mol. The van der Waals surface area contributed by atoms with Crippen LogP contribution in [0.1, 0.15) is 101 Å². The number of hydrogen-bond donors (Lipinski definition) is 2. The van der Waals surface area contributed by atoms with Gasteiger partial charge in [-0.2, -0.15) is 10.1 Å². The van der Waals surface area contributed by atoms with Crippen LogP contribution in [0.25, 0.3) is 22.4 Å². The number of imidazole rings is 1. The molecular formula is C70H82Cl2N6O12. The van der Waals surface area contributed by atoms with E-state index in [2.05, 4.69) is 15.1 Å². The Morgan fingerprint density at radius 1 is 0.733 bits per heavy atom. The van der Waals surface area contributed by atoms with Crippen LogP contribution in [0.3, 0.4) is 0 Å². The van der Waals surface area contributed by atoms with Gasteiger partial charge in [0, 0.05) is 57.1 Å². The standard InChI is InChI=1S/C27H23N3O3.C13H18O3.C10H10N2O2.C9H9ClO2.C6H9NO.C4H9ClO.CH4/c1-33-22-9-5-8-19(14-22)16-24-27(32)30-17-25(20-10-12-21(31)13-11-20)28-23(26(30)29-24)15-18-6-3-2-4-7-18;1-4-16-10(2)13(14)9-11-6-5-7-12(8-11)15-3;1-14-10-4-2-3-8(6-10)5-9(13)7-12-11;1-12-8-4-2-3-7(5-8)6-9(10)11;7-4-3-6-2-1-5-8-6;1-4(2,3)6-5;/h2-14,17,31-32H,15-16H2,1H3;5-8,10H,4,9H2,1-3H3;2-4,6-7H,5H2,1H3;2-5H,6H2,1H3;6H,1-3,5H2;1-3H3;1H4.